The number of carbonyl (C=O) groups excluding carboxylic acids is 1. The van der Waals surface area contributed by atoms with Crippen LogP contribution in [0.5, 0.6) is 0 Å². The Morgan fingerprint density at radius 3 is 3.00 bits per heavy atom. The number of ether oxygens (including phenoxy) is 1. The molecule has 124 valence electrons. The van der Waals surface area contributed by atoms with Gasteiger partial charge in [0.25, 0.3) is 5.89 Å². The number of aryl methyl sites for hydroxylation is 1. The molecule has 3 aromatic heterocycles. The predicted molar refractivity (Wildman–Crippen MR) is 91.7 cm³/mol. The number of nitrogens with zero attached hydrogens (tertiary/aromatic N) is 3. The standard InChI is InChI=1S/C16H15N3O3S2/c1-10-17-13(22-18-10)8-21-16(20)14-11-4-7-23-9-12(11)24-15(14)19-5-2-3-6-19/h2-3,5-6H,4,7-9H2,1H3. The number of thioether (sulfide) groups is 1. The summed E-state index contributed by atoms with van der Waals surface area (Å²) >= 11 is 3.56. The van der Waals surface area contributed by atoms with E-state index in [4.69, 9.17) is 9.26 Å². The van der Waals surface area contributed by atoms with Crippen molar-refractivity contribution in [1.29, 1.82) is 0 Å². The first kappa shape index (κ1) is 15.5. The van der Waals surface area contributed by atoms with E-state index in [0.29, 0.717) is 17.3 Å². The lowest BCUT2D eigenvalue weighted by Gasteiger charge is -2.12. The third kappa shape index (κ3) is 2.87. The molecule has 0 aliphatic carbocycles. The van der Waals surface area contributed by atoms with Crippen molar-refractivity contribution in [3.8, 4) is 5.00 Å². The molecule has 0 amide bonds. The zero-order chi connectivity index (χ0) is 16.5. The molecule has 0 bridgehead atoms. The zero-order valence-electron chi connectivity index (χ0n) is 13.0. The van der Waals surface area contributed by atoms with Crippen molar-refractivity contribution in [3.05, 3.63) is 52.2 Å². The first-order chi connectivity index (χ1) is 11.7. The van der Waals surface area contributed by atoms with Crippen LogP contribution in [-0.4, -0.2) is 26.4 Å². The number of rotatable bonds is 4. The summed E-state index contributed by atoms with van der Waals surface area (Å²) in [6.07, 6.45) is 4.78. The maximum Gasteiger partial charge on any atom is 0.341 e. The van der Waals surface area contributed by atoms with E-state index in [1.807, 2.05) is 40.9 Å². The SMILES string of the molecule is Cc1noc(COC(=O)c2c(-n3cccc3)sc3c2CCSC3)n1. The Labute approximate surface area is 146 Å². The van der Waals surface area contributed by atoms with Crippen LogP contribution in [0.3, 0.4) is 0 Å². The van der Waals surface area contributed by atoms with E-state index in [9.17, 15) is 4.79 Å². The van der Waals surface area contributed by atoms with Gasteiger partial charge in [-0.3, -0.25) is 0 Å². The first-order valence-corrected chi connectivity index (χ1v) is 9.51. The van der Waals surface area contributed by atoms with Crippen LogP contribution in [0.2, 0.25) is 0 Å². The number of aromatic nitrogens is 3. The van der Waals surface area contributed by atoms with Crippen molar-refractivity contribution in [1.82, 2.24) is 14.7 Å². The van der Waals surface area contributed by atoms with Crippen molar-refractivity contribution in [2.45, 2.75) is 25.7 Å². The van der Waals surface area contributed by atoms with Crippen molar-refractivity contribution in [2.24, 2.45) is 0 Å². The molecule has 0 saturated heterocycles. The van der Waals surface area contributed by atoms with Crippen molar-refractivity contribution in [3.63, 3.8) is 0 Å². The topological polar surface area (TPSA) is 70.2 Å². The summed E-state index contributed by atoms with van der Waals surface area (Å²) in [6.45, 7) is 1.72. The molecule has 0 unspecified atom stereocenters. The van der Waals surface area contributed by atoms with Gasteiger partial charge in [0.05, 0.1) is 5.56 Å². The van der Waals surface area contributed by atoms with E-state index in [2.05, 4.69) is 10.1 Å². The molecule has 8 heteroatoms. The molecule has 0 fully saturated rings. The van der Waals surface area contributed by atoms with E-state index in [-0.39, 0.29) is 12.6 Å². The van der Waals surface area contributed by atoms with Crippen molar-refractivity contribution < 1.29 is 14.1 Å². The fraction of sp³-hybridized carbons (Fsp3) is 0.312. The van der Waals surface area contributed by atoms with Gasteiger partial charge in [0.1, 0.15) is 5.00 Å². The summed E-state index contributed by atoms with van der Waals surface area (Å²) < 4.78 is 12.4. The molecule has 0 aromatic carbocycles. The number of fused-ring (bicyclic) bond motifs is 1. The Morgan fingerprint density at radius 2 is 2.25 bits per heavy atom. The molecule has 0 N–H and O–H groups in total. The second-order valence-corrected chi connectivity index (χ2v) is 7.58. The minimum atomic E-state index is -0.334. The molecule has 0 atom stereocenters. The molecule has 1 aliphatic heterocycles. The molecular formula is C16H15N3O3S2. The molecule has 0 saturated carbocycles. The highest BCUT2D eigenvalue weighted by Crippen LogP contribution is 2.38. The highest BCUT2D eigenvalue weighted by Gasteiger charge is 2.27. The minimum absolute atomic E-state index is 0.00976. The zero-order valence-corrected chi connectivity index (χ0v) is 14.7. The van der Waals surface area contributed by atoms with Gasteiger partial charge in [-0.05, 0) is 36.8 Å². The van der Waals surface area contributed by atoms with Gasteiger partial charge in [-0.25, -0.2) is 4.79 Å². The average molecular weight is 361 g/mol. The second-order valence-electron chi connectivity index (χ2n) is 5.39. The number of carbonyl (C=O) groups is 1. The van der Waals surface area contributed by atoms with E-state index in [0.717, 1.165) is 28.5 Å². The predicted octanol–water partition coefficient (Wildman–Crippen LogP) is 3.38. The van der Waals surface area contributed by atoms with Crippen LogP contribution in [0.1, 0.15) is 32.5 Å². The van der Waals surface area contributed by atoms with Crippen LogP contribution in [0.4, 0.5) is 0 Å². The normalized spacial score (nSPS) is 13.7. The molecule has 0 spiro atoms. The lowest BCUT2D eigenvalue weighted by Crippen LogP contribution is -2.12. The Bertz CT molecular complexity index is 867. The quantitative estimate of drug-likeness (QED) is 0.664. The third-order valence-corrected chi connectivity index (χ3v) is 6.15. The molecule has 4 rings (SSSR count). The third-order valence-electron chi connectivity index (χ3n) is 3.74. The summed E-state index contributed by atoms with van der Waals surface area (Å²) in [4.78, 5) is 18.1. The Morgan fingerprint density at radius 1 is 1.42 bits per heavy atom. The molecule has 24 heavy (non-hydrogen) atoms. The van der Waals surface area contributed by atoms with Gasteiger partial charge < -0.3 is 13.8 Å². The monoisotopic (exact) mass is 361 g/mol. The summed E-state index contributed by atoms with van der Waals surface area (Å²) in [5, 5.41) is 4.62. The molecule has 3 aromatic rings. The van der Waals surface area contributed by atoms with Crippen LogP contribution in [0.25, 0.3) is 5.00 Å². The van der Waals surface area contributed by atoms with Crippen molar-refractivity contribution in [2.75, 3.05) is 5.75 Å². The van der Waals surface area contributed by atoms with Crippen LogP contribution in [0.15, 0.2) is 29.0 Å². The smallest absolute Gasteiger partial charge is 0.341 e. The summed E-state index contributed by atoms with van der Waals surface area (Å²) in [5.74, 6) is 2.48. The molecule has 0 radical (unpaired) electrons. The molecular weight excluding hydrogens is 346 g/mol. The minimum Gasteiger partial charge on any atom is -0.452 e. The van der Waals surface area contributed by atoms with Gasteiger partial charge in [-0.1, -0.05) is 5.16 Å². The van der Waals surface area contributed by atoms with Crippen LogP contribution >= 0.6 is 23.1 Å². The fourth-order valence-corrected chi connectivity index (χ4v) is 5.11. The maximum atomic E-state index is 12.7. The molecule has 6 nitrogen and oxygen atoms in total. The van der Waals surface area contributed by atoms with Gasteiger partial charge in [0.2, 0.25) is 0 Å². The van der Waals surface area contributed by atoms with E-state index < -0.39 is 0 Å². The Kier molecular flexibility index (Phi) is 4.15. The highest BCUT2D eigenvalue weighted by molar-refractivity contribution is 7.98. The van der Waals surface area contributed by atoms with Crippen LogP contribution in [-0.2, 0) is 23.5 Å². The lowest BCUT2D eigenvalue weighted by molar-refractivity contribution is 0.0429. The number of hydrogen-bond donors (Lipinski definition) is 0. The van der Waals surface area contributed by atoms with E-state index in [1.165, 1.54) is 4.88 Å². The van der Waals surface area contributed by atoms with E-state index in [1.54, 1.807) is 18.3 Å². The summed E-state index contributed by atoms with van der Waals surface area (Å²) in [7, 11) is 0. The van der Waals surface area contributed by atoms with Crippen molar-refractivity contribution >= 4 is 29.1 Å². The lowest BCUT2D eigenvalue weighted by atomic mass is 10.1. The number of esters is 1. The van der Waals surface area contributed by atoms with Gasteiger partial charge in [0, 0.05) is 23.0 Å². The number of hydrogen-bond acceptors (Lipinski definition) is 7. The average Bonchev–Trinajstić information content (AvgIpc) is 3.31. The Hall–Kier alpha value is -2.06. The van der Waals surface area contributed by atoms with Gasteiger partial charge in [0.15, 0.2) is 12.4 Å². The molecule has 1 aliphatic rings. The Balaban J connectivity index is 1.65. The maximum absolute atomic E-state index is 12.7. The summed E-state index contributed by atoms with van der Waals surface area (Å²) in [5.41, 5.74) is 1.79. The van der Waals surface area contributed by atoms with Crippen LogP contribution in [0, 0.1) is 6.92 Å². The van der Waals surface area contributed by atoms with Gasteiger partial charge in [-0.2, -0.15) is 16.7 Å². The highest BCUT2D eigenvalue weighted by atomic mass is 32.2. The number of thiophene rings is 1. The van der Waals surface area contributed by atoms with Crippen LogP contribution < -0.4 is 0 Å². The van der Waals surface area contributed by atoms with Gasteiger partial charge in [-0.15, -0.1) is 11.3 Å². The summed E-state index contributed by atoms with van der Waals surface area (Å²) in [6, 6.07) is 3.90. The second kappa shape index (κ2) is 6.45. The van der Waals surface area contributed by atoms with Gasteiger partial charge >= 0.3 is 5.97 Å². The van der Waals surface area contributed by atoms with E-state index >= 15 is 0 Å². The first-order valence-electron chi connectivity index (χ1n) is 7.54. The largest absolute Gasteiger partial charge is 0.452 e. The fourth-order valence-electron chi connectivity index (χ4n) is 2.68. The molecule has 4 heterocycles.